The van der Waals surface area contributed by atoms with Crippen molar-refractivity contribution in [2.24, 2.45) is 5.73 Å². The van der Waals surface area contributed by atoms with Gasteiger partial charge in [0.1, 0.15) is 17.2 Å². The number of nitrogens with zero attached hydrogens (tertiary/aromatic N) is 2. The van der Waals surface area contributed by atoms with Crippen LogP contribution in [0.5, 0.6) is 11.5 Å². The van der Waals surface area contributed by atoms with E-state index in [0.29, 0.717) is 11.3 Å². The number of rotatable bonds is 3. The Balaban J connectivity index is 2.59. The molecule has 0 saturated carbocycles. The maximum absolute atomic E-state index is 11.1. The lowest BCUT2D eigenvalue weighted by Crippen LogP contribution is -2.12. The Labute approximate surface area is 96.2 Å². The quantitative estimate of drug-likeness (QED) is 0.705. The first kappa shape index (κ1) is 10.9. The molecule has 0 unspecified atom stereocenters. The molecule has 17 heavy (non-hydrogen) atoms. The fourth-order valence-electron chi connectivity index (χ4n) is 1.42. The van der Waals surface area contributed by atoms with Crippen molar-refractivity contribution in [1.82, 2.24) is 15.4 Å². The molecule has 1 aromatic carbocycles. The highest BCUT2D eigenvalue weighted by molar-refractivity contribution is 5.97. The van der Waals surface area contributed by atoms with Crippen LogP contribution in [0, 0.1) is 0 Å². The number of ether oxygens (including phenoxy) is 1. The van der Waals surface area contributed by atoms with Crippen LogP contribution in [0.4, 0.5) is 0 Å². The average Bonchev–Trinajstić information content (AvgIpc) is 2.78. The third kappa shape index (κ3) is 1.89. The van der Waals surface area contributed by atoms with Crippen molar-refractivity contribution in [3.8, 4) is 22.8 Å². The molecule has 0 spiro atoms. The number of phenols is 1. The number of H-pyrrole nitrogens is 1. The number of nitrogens with two attached hydrogens (primary N) is 1. The van der Waals surface area contributed by atoms with Crippen molar-refractivity contribution in [1.29, 1.82) is 0 Å². The van der Waals surface area contributed by atoms with Crippen LogP contribution in [0.25, 0.3) is 11.3 Å². The third-order valence-electron chi connectivity index (χ3n) is 2.24. The Morgan fingerprint density at radius 2 is 2.24 bits per heavy atom. The highest BCUT2D eigenvalue weighted by Crippen LogP contribution is 2.32. The molecular weight excluding hydrogens is 224 g/mol. The molecule has 0 aliphatic carbocycles. The molecule has 2 rings (SSSR count). The summed E-state index contributed by atoms with van der Waals surface area (Å²) >= 11 is 0. The number of amides is 1. The molecule has 1 amide bonds. The van der Waals surface area contributed by atoms with Gasteiger partial charge in [-0.15, -0.1) is 0 Å². The van der Waals surface area contributed by atoms with Gasteiger partial charge in [0.05, 0.1) is 12.7 Å². The monoisotopic (exact) mass is 234 g/mol. The minimum Gasteiger partial charge on any atom is -0.507 e. The lowest BCUT2D eigenvalue weighted by atomic mass is 10.1. The summed E-state index contributed by atoms with van der Waals surface area (Å²) in [7, 11) is 1.49. The number of nitrogens with one attached hydrogen (secondary N) is 1. The number of aromatic hydroxyl groups is 1. The lowest BCUT2D eigenvalue weighted by Gasteiger charge is -2.05. The zero-order valence-electron chi connectivity index (χ0n) is 8.97. The molecule has 7 heteroatoms. The SMILES string of the molecule is COc1ccc(O)c(-c2n[nH]nc2C(N)=O)c1. The predicted octanol–water partition coefficient (Wildman–Crippen LogP) is 0.285. The van der Waals surface area contributed by atoms with Crippen LogP contribution in [-0.4, -0.2) is 33.5 Å². The van der Waals surface area contributed by atoms with E-state index in [1.54, 1.807) is 12.1 Å². The van der Waals surface area contributed by atoms with E-state index in [0.717, 1.165) is 0 Å². The largest absolute Gasteiger partial charge is 0.507 e. The molecule has 0 radical (unpaired) electrons. The molecule has 1 aromatic heterocycles. The summed E-state index contributed by atoms with van der Waals surface area (Å²) in [6.07, 6.45) is 0. The smallest absolute Gasteiger partial charge is 0.271 e. The lowest BCUT2D eigenvalue weighted by molar-refractivity contribution is 0.0996. The highest BCUT2D eigenvalue weighted by atomic mass is 16.5. The first-order chi connectivity index (χ1) is 8.13. The highest BCUT2D eigenvalue weighted by Gasteiger charge is 2.18. The summed E-state index contributed by atoms with van der Waals surface area (Å²) in [5, 5.41) is 19.4. The van der Waals surface area contributed by atoms with E-state index in [9.17, 15) is 9.90 Å². The zero-order chi connectivity index (χ0) is 12.4. The van der Waals surface area contributed by atoms with Crippen molar-refractivity contribution >= 4 is 5.91 Å². The first-order valence-corrected chi connectivity index (χ1v) is 4.71. The van der Waals surface area contributed by atoms with E-state index in [1.165, 1.54) is 13.2 Å². The van der Waals surface area contributed by atoms with Crippen molar-refractivity contribution in [2.75, 3.05) is 7.11 Å². The van der Waals surface area contributed by atoms with Gasteiger partial charge >= 0.3 is 0 Å². The van der Waals surface area contributed by atoms with Crippen LogP contribution >= 0.6 is 0 Å². The van der Waals surface area contributed by atoms with Gasteiger partial charge in [-0.1, -0.05) is 0 Å². The number of aromatic amines is 1. The van der Waals surface area contributed by atoms with E-state index in [4.69, 9.17) is 10.5 Å². The Kier molecular flexibility index (Phi) is 2.65. The zero-order valence-corrected chi connectivity index (χ0v) is 8.97. The minimum absolute atomic E-state index is 0.0337. The first-order valence-electron chi connectivity index (χ1n) is 4.71. The average molecular weight is 234 g/mol. The normalized spacial score (nSPS) is 10.2. The number of hydrogen-bond donors (Lipinski definition) is 3. The van der Waals surface area contributed by atoms with E-state index in [-0.39, 0.29) is 17.1 Å². The van der Waals surface area contributed by atoms with Crippen LogP contribution in [0.15, 0.2) is 18.2 Å². The number of carbonyl (C=O) groups is 1. The van der Waals surface area contributed by atoms with E-state index in [2.05, 4.69) is 15.4 Å². The van der Waals surface area contributed by atoms with Crippen LogP contribution in [0.3, 0.4) is 0 Å². The summed E-state index contributed by atoms with van der Waals surface area (Å²) in [6.45, 7) is 0. The van der Waals surface area contributed by atoms with Crippen LogP contribution in [-0.2, 0) is 0 Å². The van der Waals surface area contributed by atoms with Gasteiger partial charge in [-0.05, 0) is 18.2 Å². The molecule has 0 aliphatic rings. The summed E-state index contributed by atoms with van der Waals surface area (Å²) in [5.74, 6) is -0.241. The molecule has 0 bridgehead atoms. The van der Waals surface area contributed by atoms with Gasteiger partial charge in [-0.25, -0.2) is 0 Å². The summed E-state index contributed by atoms with van der Waals surface area (Å²) in [5.41, 5.74) is 5.62. The van der Waals surface area contributed by atoms with Crippen molar-refractivity contribution < 1.29 is 14.6 Å². The molecule has 0 atom stereocenters. The van der Waals surface area contributed by atoms with E-state index < -0.39 is 5.91 Å². The third-order valence-corrected chi connectivity index (χ3v) is 2.24. The fourth-order valence-corrected chi connectivity index (χ4v) is 1.42. The number of phenolic OH excluding ortho intramolecular Hbond substituents is 1. The molecule has 88 valence electrons. The van der Waals surface area contributed by atoms with E-state index >= 15 is 0 Å². The summed E-state index contributed by atoms with van der Waals surface area (Å²) in [4.78, 5) is 11.1. The number of benzene rings is 1. The van der Waals surface area contributed by atoms with Gasteiger partial charge in [-0.2, -0.15) is 15.4 Å². The van der Waals surface area contributed by atoms with Gasteiger partial charge in [0.2, 0.25) is 0 Å². The van der Waals surface area contributed by atoms with E-state index in [1.807, 2.05) is 0 Å². The molecule has 4 N–H and O–H groups in total. The van der Waals surface area contributed by atoms with Gasteiger partial charge in [0.15, 0.2) is 5.69 Å². The summed E-state index contributed by atoms with van der Waals surface area (Å²) in [6, 6.07) is 4.57. The second-order valence-electron chi connectivity index (χ2n) is 3.27. The van der Waals surface area contributed by atoms with Gasteiger partial charge in [0.25, 0.3) is 5.91 Å². The standard InChI is InChI=1S/C10H10N4O3/c1-17-5-2-3-7(15)6(4-5)8-9(10(11)16)13-14-12-8/h2-4,15H,1H3,(H2,11,16)(H,12,13,14). The van der Waals surface area contributed by atoms with Crippen LogP contribution < -0.4 is 10.5 Å². The number of carbonyl (C=O) groups excluding carboxylic acids is 1. The van der Waals surface area contributed by atoms with Crippen molar-refractivity contribution in [3.63, 3.8) is 0 Å². The Morgan fingerprint density at radius 1 is 1.47 bits per heavy atom. The Hall–Kier alpha value is -2.57. The topological polar surface area (TPSA) is 114 Å². The molecular formula is C10H10N4O3. The number of hydrogen-bond acceptors (Lipinski definition) is 5. The molecule has 2 aromatic rings. The van der Waals surface area contributed by atoms with Gasteiger partial charge < -0.3 is 15.6 Å². The Morgan fingerprint density at radius 3 is 2.88 bits per heavy atom. The number of methoxy groups -OCH3 is 1. The second-order valence-corrected chi connectivity index (χ2v) is 3.27. The number of aromatic nitrogens is 3. The predicted molar refractivity (Wildman–Crippen MR) is 58.6 cm³/mol. The maximum atomic E-state index is 11.1. The summed E-state index contributed by atoms with van der Waals surface area (Å²) < 4.78 is 5.02. The molecule has 0 saturated heterocycles. The fraction of sp³-hybridized carbons (Fsp3) is 0.100. The van der Waals surface area contributed by atoms with Crippen LogP contribution in [0.2, 0.25) is 0 Å². The van der Waals surface area contributed by atoms with Crippen LogP contribution in [0.1, 0.15) is 10.5 Å². The second kappa shape index (κ2) is 4.12. The van der Waals surface area contributed by atoms with Gasteiger partial charge in [-0.3, -0.25) is 4.79 Å². The van der Waals surface area contributed by atoms with Gasteiger partial charge in [0, 0.05) is 0 Å². The minimum atomic E-state index is -0.726. The number of primary amides is 1. The molecule has 1 heterocycles. The Bertz CT molecular complexity index is 564. The molecule has 0 aliphatic heterocycles. The maximum Gasteiger partial charge on any atom is 0.271 e. The molecule has 0 fully saturated rings. The van der Waals surface area contributed by atoms with Crippen molar-refractivity contribution in [3.05, 3.63) is 23.9 Å². The van der Waals surface area contributed by atoms with Crippen molar-refractivity contribution in [2.45, 2.75) is 0 Å². The molecule has 7 nitrogen and oxygen atoms in total.